The Hall–Kier alpha value is -2.38. The smallest absolute Gasteiger partial charge is 0.111 e. The average molecular weight is 383 g/mol. The first-order valence-electron chi connectivity index (χ1n) is 10.2. The van der Waals surface area contributed by atoms with Gasteiger partial charge in [0.25, 0.3) is 0 Å². The number of hydrogen-bond acceptors (Lipinski definition) is 5. The van der Waals surface area contributed by atoms with Crippen molar-refractivity contribution in [2.45, 2.75) is 45.3 Å². The zero-order chi connectivity index (χ0) is 19.5. The molecule has 0 aliphatic carbocycles. The van der Waals surface area contributed by atoms with Crippen molar-refractivity contribution >= 4 is 16.7 Å². The van der Waals surface area contributed by atoms with Gasteiger partial charge in [0.15, 0.2) is 0 Å². The van der Waals surface area contributed by atoms with Crippen molar-refractivity contribution in [3.05, 3.63) is 42.0 Å². The maximum Gasteiger partial charge on any atom is 0.111 e. The minimum atomic E-state index is 0.185. The molecule has 0 amide bonds. The van der Waals surface area contributed by atoms with E-state index in [2.05, 4.69) is 38.9 Å². The molecule has 150 valence electrons. The van der Waals surface area contributed by atoms with Gasteiger partial charge in [-0.2, -0.15) is 5.10 Å². The van der Waals surface area contributed by atoms with Gasteiger partial charge in [-0.3, -0.25) is 4.68 Å². The van der Waals surface area contributed by atoms with Crippen molar-refractivity contribution in [3.63, 3.8) is 0 Å². The molecule has 1 atom stereocenters. The number of aliphatic hydroxyl groups is 1. The van der Waals surface area contributed by atoms with Crippen LogP contribution in [0.2, 0.25) is 0 Å². The van der Waals surface area contributed by atoms with E-state index in [0.717, 1.165) is 50.2 Å². The van der Waals surface area contributed by atoms with Gasteiger partial charge in [0.05, 0.1) is 17.6 Å². The molecule has 3 aromatic rings. The summed E-state index contributed by atoms with van der Waals surface area (Å²) in [7, 11) is 2.05. The average Bonchev–Trinajstić information content (AvgIpc) is 3.32. The lowest BCUT2D eigenvalue weighted by atomic mass is 9.98. The second-order valence-electron chi connectivity index (χ2n) is 7.77. The van der Waals surface area contributed by atoms with E-state index >= 15 is 0 Å². The Kier molecular flexibility index (Phi) is 5.64. The molecular weight excluding hydrogens is 352 g/mol. The van der Waals surface area contributed by atoms with Crippen molar-refractivity contribution in [3.8, 4) is 0 Å². The maximum absolute atomic E-state index is 9.19. The van der Waals surface area contributed by atoms with Crippen LogP contribution in [0.25, 0.3) is 11.0 Å². The van der Waals surface area contributed by atoms with Crippen LogP contribution in [0.3, 0.4) is 0 Å². The summed E-state index contributed by atoms with van der Waals surface area (Å²) in [5, 5.41) is 17.1. The van der Waals surface area contributed by atoms with Crippen LogP contribution in [-0.4, -0.2) is 62.1 Å². The predicted molar refractivity (Wildman–Crippen MR) is 112 cm³/mol. The van der Waals surface area contributed by atoms with Gasteiger partial charge in [-0.25, -0.2) is 4.98 Å². The summed E-state index contributed by atoms with van der Waals surface area (Å²) < 4.78 is 4.31. The number of likely N-dealkylation sites (N-methyl/N-ethyl adjacent to an activating group) is 1. The molecule has 0 radical (unpaired) electrons. The summed E-state index contributed by atoms with van der Waals surface area (Å²) in [6.07, 6.45) is 6.87. The lowest BCUT2D eigenvalue weighted by molar-refractivity contribution is 0.217. The number of nitrogens with zero attached hydrogens (tertiary/aromatic N) is 5. The highest BCUT2D eigenvalue weighted by molar-refractivity contribution is 5.86. The molecule has 3 heterocycles. The second-order valence-corrected chi connectivity index (χ2v) is 7.77. The molecule has 7 heteroatoms. The summed E-state index contributed by atoms with van der Waals surface area (Å²) in [5.41, 5.74) is 4.92. The van der Waals surface area contributed by atoms with Crippen LogP contribution >= 0.6 is 0 Å². The topological polar surface area (TPSA) is 71.1 Å². The van der Waals surface area contributed by atoms with E-state index in [-0.39, 0.29) is 6.61 Å². The van der Waals surface area contributed by atoms with Gasteiger partial charge in [0, 0.05) is 62.3 Å². The molecule has 2 aromatic heterocycles. The van der Waals surface area contributed by atoms with E-state index in [4.69, 9.17) is 4.98 Å². The van der Waals surface area contributed by atoms with E-state index in [1.807, 2.05) is 30.2 Å². The zero-order valence-electron chi connectivity index (χ0n) is 16.8. The zero-order valence-corrected chi connectivity index (χ0v) is 16.8. The van der Waals surface area contributed by atoms with E-state index in [9.17, 15) is 5.11 Å². The molecule has 28 heavy (non-hydrogen) atoms. The largest absolute Gasteiger partial charge is 0.395 e. The highest BCUT2D eigenvalue weighted by Gasteiger charge is 2.21. The Morgan fingerprint density at radius 2 is 2.18 bits per heavy atom. The first-order valence-corrected chi connectivity index (χ1v) is 10.2. The van der Waals surface area contributed by atoms with Crippen molar-refractivity contribution in [1.82, 2.24) is 24.2 Å². The molecule has 7 nitrogen and oxygen atoms in total. The molecule has 4 rings (SSSR count). The van der Waals surface area contributed by atoms with Crippen molar-refractivity contribution in [1.29, 1.82) is 0 Å². The molecule has 0 unspecified atom stereocenters. The fourth-order valence-corrected chi connectivity index (χ4v) is 4.02. The van der Waals surface area contributed by atoms with Crippen molar-refractivity contribution < 1.29 is 5.11 Å². The summed E-state index contributed by atoms with van der Waals surface area (Å²) in [6, 6.07) is 6.88. The van der Waals surface area contributed by atoms with Crippen LogP contribution < -0.4 is 5.32 Å². The Labute approximate surface area is 166 Å². The van der Waals surface area contributed by atoms with Crippen LogP contribution in [0.15, 0.2) is 30.6 Å². The Morgan fingerprint density at radius 3 is 2.96 bits per heavy atom. The first-order chi connectivity index (χ1) is 13.7. The number of rotatable bonds is 8. The van der Waals surface area contributed by atoms with Gasteiger partial charge in [0.1, 0.15) is 5.82 Å². The van der Waals surface area contributed by atoms with Crippen molar-refractivity contribution in [2.24, 2.45) is 0 Å². The molecule has 0 saturated heterocycles. The Balaban J connectivity index is 1.66. The van der Waals surface area contributed by atoms with Gasteiger partial charge < -0.3 is 19.9 Å². The highest BCUT2D eigenvalue weighted by Crippen LogP contribution is 2.32. The highest BCUT2D eigenvalue weighted by atomic mass is 16.3. The quantitative estimate of drug-likeness (QED) is 0.625. The number of aromatic nitrogens is 4. The van der Waals surface area contributed by atoms with Crippen LogP contribution in [0.5, 0.6) is 0 Å². The molecule has 0 bridgehead atoms. The maximum atomic E-state index is 9.19. The van der Waals surface area contributed by atoms with Crippen LogP contribution in [0.4, 0.5) is 5.69 Å². The SMILES string of the molecule is C[C@H]1CCc2c(ccc3c2nc(CCn2cccn2)n3CCN(C)CCO)N1. The molecule has 1 aromatic carbocycles. The minimum absolute atomic E-state index is 0.185. The number of aliphatic hydroxyl groups excluding tert-OH is 1. The summed E-state index contributed by atoms with van der Waals surface area (Å²) >= 11 is 0. The first kappa shape index (κ1) is 19.0. The lowest BCUT2D eigenvalue weighted by Gasteiger charge is -2.24. The van der Waals surface area contributed by atoms with E-state index < -0.39 is 0 Å². The van der Waals surface area contributed by atoms with Gasteiger partial charge in [-0.15, -0.1) is 0 Å². The molecule has 0 spiro atoms. The van der Waals surface area contributed by atoms with Gasteiger partial charge in [-0.05, 0) is 45.0 Å². The summed E-state index contributed by atoms with van der Waals surface area (Å²) in [4.78, 5) is 7.25. The third kappa shape index (κ3) is 3.91. The number of imidazole rings is 1. The lowest BCUT2D eigenvalue weighted by Crippen LogP contribution is -2.26. The molecule has 0 fully saturated rings. The van der Waals surface area contributed by atoms with E-state index in [1.165, 1.54) is 16.8 Å². The van der Waals surface area contributed by atoms with Gasteiger partial charge in [-0.1, -0.05) is 0 Å². The molecule has 0 saturated carbocycles. The number of nitrogens with one attached hydrogen (secondary N) is 1. The standard InChI is InChI=1S/C21H30N6O/c1-16-4-5-17-18(23-16)6-7-19-21(17)24-20(8-11-26-10-3-9-22-26)27(19)13-12-25(2)14-15-28/h3,6-7,9-10,16,23,28H,4-5,8,11-15H2,1-2H3/t16-/m0/s1. The molecule has 2 N–H and O–H groups in total. The fraction of sp³-hybridized carbons (Fsp3) is 0.524. The predicted octanol–water partition coefficient (Wildman–Crippen LogP) is 2.15. The van der Waals surface area contributed by atoms with Gasteiger partial charge in [0.2, 0.25) is 0 Å². The molecular formula is C21H30N6O. The number of hydrogen-bond donors (Lipinski definition) is 2. The Bertz CT molecular complexity index is 917. The third-order valence-electron chi connectivity index (χ3n) is 5.64. The van der Waals surface area contributed by atoms with Crippen LogP contribution in [0.1, 0.15) is 24.7 Å². The number of aryl methyl sites for hydroxylation is 3. The molecule has 1 aliphatic heterocycles. The van der Waals surface area contributed by atoms with Crippen molar-refractivity contribution in [2.75, 3.05) is 32.1 Å². The molecule has 1 aliphatic rings. The van der Waals surface area contributed by atoms with E-state index in [1.54, 1.807) is 0 Å². The monoisotopic (exact) mass is 382 g/mol. The third-order valence-corrected chi connectivity index (χ3v) is 5.64. The summed E-state index contributed by atoms with van der Waals surface area (Å²) in [6.45, 7) is 5.67. The number of benzene rings is 1. The van der Waals surface area contributed by atoms with E-state index in [0.29, 0.717) is 12.6 Å². The minimum Gasteiger partial charge on any atom is -0.395 e. The van der Waals surface area contributed by atoms with Crippen LogP contribution in [0, 0.1) is 0 Å². The fourth-order valence-electron chi connectivity index (χ4n) is 4.02. The number of fused-ring (bicyclic) bond motifs is 3. The normalized spacial score (nSPS) is 16.5. The Morgan fingerprint density at radius 1 is 1.29 bits per heavy atom. The van der Waals surface area contributed by atoms with Gasteiger partial charge >= 0.3 is 0 Å². The second kappa shape index (κ2) is 8.32. The number of anilines is 1. The summed E-state index contributed by atoms with van der Waals surface area (Å²) in [5.74, 6) is 1.11. The van der Waals surface area contributed by atoms with Crippen LogP contribution in [-0.2, 0) is 25.9 Å².